The fourth-order valence-electron chi connectivity index (χ4n) is 0.990. The molecule has 4 heteroatoms. The maximum absolute atomic E-state index is 13.1. The van der Waals surface area contributed by atoms with Crippen LogP contribution in [0.25, 0.3) is 0 Å². The van der Waals surface area contributed by atoms with Crippen molar-refractivity contribution in [2.24, 2.45) is 0 Å². The highest BCUT2D eigenvalue weighted by Crippen LogP contribution is 2.10. The Hall–Kier alpha value is -1.84. The Morgan fingerprint density at radius 1 is 1.33 bits per heavy atom. The van der Waals surface area contributed by atoms with Crippen LogP contribution >= 0.6 is 0 Å². The molecule has 0 atom stereocenters. The molecular weight excluding hydrogens is 195 g/mol. The first-order valence-electron chi connectivity index (χ1n) is 4.55. The Morgan fingerprint density at radius 3 is 2.60 bits per heavy atom. The summed E-state index contributed by atoms with van der Waals surface area (Å²) >= 11 is 0. The number of allylic oxidation sites excluding steroid dienone is 1. The summed E-state index contributed by atoms with van der Waals surface area (Å²) in [4.78, 5) is 11.2. The van der Waals surface area contributed by atoms with Crippen LogP contribution < -0.4 is 10.9 Å². The molecule has 0 radical (unpaired) electrons. The van der Waals surface area contributed by atoms with E-state index in [1.165, 1.54) is 18.2 Å². The topological polar surface area (TPSA) is 41.1 Å². The summed E-state index contributed by atoms with van der Waals surface area (Å²) in [7, 11) is 0. The summed E-state index contributed by atoms with van der Waals surface area (Å²) in [6.07, 6.45) is 1.42. The second-order valence-electron chi connectivity index (χ2n) is 3.32. The van der Waals surface area contributed by atoms with Gasteiger partial charge in [-0.25, -0.2) is 4.39 Å². The summed E-state index contributed by atoms with van der Waals surface area (Å²) in [5.41, 5.74) is 5.99. The smallest absolute Gasteiger partial charge is 0.262 e. The van der Waals surface area contributed by atoms with Gasteiger partial charge in [0, 0.05) is 6.08 Å². The number of hydrogen-bond acceptors (Lipinski definition) is 2. The van der Waals surface area contributed by atoms with Crippen molar-refractivity contribution in [1.82, 2.24) is 5.43 Å². The molecule has 0 aliphatic heterocycles. The number of carbonyl (C=O) groups is 1. The van der Waals surface area contributed by atoms with Gasteiger partial charge in [0.05, 0.1) is 5.69 Å². The Morgan fingerprint density at radius 2 is 2.00 bits per heavy atom. The Bertz CT molecular complexity index is 384. The van der Waals surface area contributed by atoms with Crippen molar-refractivity contribution < 1.29 is 9.18 Å². The second-order valence-corrected chi connectivity index (χ2v) is 3.32. The second kappa shape index (κ2) is 5.14. The van der Waals surface area contributed by atoms with Crippen LogP contribution in [0.5, 0.6) is 0 Å². The number of halogens is 1. The first-order valence-corrected chi connectivity index (χ1v) is 4.55. The zero-order valence-electron chi connectivity index (χ0n) is 8.67. The van der Waals surface area contributed by atoms with E-state index in [0.717, 1.165) is 5.57 Å². The maximum Gasteiger partial charge on any atom is 0.262 e. The molecule has 15 heavy (non-hydrogen) atoms. The molecule has 0 unspecified atom stereocenters. The Kier molecular flexibility index (Phi) is 3.85. The molecule has 0 spiro atoms. The van der Waals surface area contributed by atoms with Crippen LogP contribution in [0.1, 0.15) is 13.8 Å². The van der Waals surface area contributed by atoms with Crippen LogP contribution in [-0.4, -0.2) is 5.91 Å². The normalized spacial score (nSPS) is 9.27. The molecule has 1 aromatic rings. The summed E-state index contributed by atoms with van der Waals surface area (Å²) in [5, 5.41) is 0. The SMILES string of the molecule is CC(C)=CC(=O)NNc1ccccc1F. The molecule has 2 N–H and O–H groups in total. The Balaban J connectivity index is 2.55. The lowest BCUT2D eigenvalue weighted by atomic mass is 10.3. The highest BCUT2D eigenvalue weighted by Gasteiger charge is 2.00. The van der Waals surface area contributed by atoms with Gasteiger partial charge in [-0.05, 0) is 26.0 Å². The minimum absolute atomic E-state index is 0.244. The van der Waals surface area contributed by atoms with Crippen LogP contribution in [0.15, 0.2) is 35.9 Å². The molecule has 1 aromatic carbocycles. The molecule has 0 aliphatic rings. The molecular formula is C11H13FN2O. The van der Waals surface area contributed by atoms with E-state index in [1.807, 2.05) is 13.8 Å². The number of amides is 1. The van der Waals surface area contributed by atoms with Gasteiger partial charge in [0.2, 0.25) is 0 Å². The first-order chi connectivity index (χ1) is 7.09. The van der Waals surface area contributed by atoms with Gasteiger partial charge in [-0.3, -0.25) is 15.6 Å². The zero-order valence-corrected chi connectivity index (χ0v) is 8.67. The fraction of sp³-hybridized carbons (Fsp3) is 0.182. The number of para-hydroxylation sites is 1. The van der Waals surface area contributed by atoms with Gasteiger partial charge in [-0.15, -0.1) is 0 Å². The number of hydrazine groups is 1. The largest absolute Gasteiger partial charge is 0.295 e. The number of benzene rings is 1. The molecule has 0 saturated carbocycles. The minimum atomic E-state index is -0.407. The van der Waals surface area contributed by atoms with Gasteiger partial charge in [-0.1, -0.05) is 17.7 Å². The minimum Gasteiger partial charge on any atom is -0.295 e. The predicted octanol–water partition coefficient (Wildman–Crippen LogP) is 2.23. The third-order valence-electron chi connectivity index (χ3n) is 1.61. The van der Waals surface area contributed by atoms with Crippen molar-refractivity contribution in [3.63, 3.8) is 0 Å². The van der Waals surface area contributed by atoms with Crippen molar-refractivity contribution in [2.75, 3.05) is 5.43 Å². The summed E-state index contributed by atoms with van der Waals surface area (Å²) in [6, 6.07) is 6.12. The van der Waals surface area contributed by atoms with Crippen LogP contribution in [0.4, 0.5) is 10.1 Å². The van der Waals surface area contributed by atoms with E-state index in [4.69, 9.17) is 0 Å². The van der Waals surface area contributed by atoms with Crippen molar-refractivity contribution in [1.29, 1.82) is 0 Å². The lowest BCUT2D eigenvalue weighted by molar-refractivity contribution is -0.116. The van der Waals surface area contributed by atoms with Crippen molar-refractivity contribution in [3.8, 4) is 0 Å². The maximum atomic E-state index is 13.1. The summed E-state index contributed by atoms with van der Waals surface area (Å²) < 4.78 is 13.1. The molecule has 80 valence electrons. The van der Waals surface area contributed by atoms with E-state index in [1.54, 1.807) is 12.1 Å². The van der Waals surface area contributed by atoms with Crippen molar-refractivity contribution in [2.45, 2.75) is 13.8 Å². The Labute approximate surface area is 88.0 Å². The number of anilines is 1. The molecule has 3 nitrogen and oxygen atoms in total. The average molecular weight is 208 g/mol. The third-order valence-corrected chi connectivity index (χ3v) is 1.61. The van der Waals surface area contributed by atoms with E-state index in [2.05, 4.69) is 10.9 Å². The number of rotatable bonds is 3. The van der Waals surface area contributed by atoms with Gasteiger partial charge >= 0.3 is 0 Å². The third kappa shape index (κ3) is 3.81. The van der Waals surface area contributed by atoms with E-state index in [0.29, 0.717) is 0 Å². The van der Waals surface area contributed by atoms with Crippen LogP contribution in [0.2, 0.25) is 0 Å². The molecule has 0 saturated heterocycles. The van der Waals surface area contributed by atoms with Gasteiger partial charge in [0.1, 0.15) is 5.82 Å². The van der Waals surface area contributed by atoms with E-state index in [9.17, 15) is 9.18 Å². The standard InChI is InChI=1S/C11H13FN2O/c1-8(2)7-11(15)14-13-10-6-4-3-5-9(10)12/h3-7,13H,1-2H3,(H,14,15). The van der Waals surface area contributed by atoms with Gasteiger partial charge in [0.15, 0.2) is 0 Å². The van der Waals surface area contributed by atoms with E-state index >= 15 is 0 Å². The van der Waals surface area contributed by atoms with Crippen molar-refractivity contribution in [3.05, 3.63) is 41.7 Å². The van der Waals surface area contributed by atoms with Crippen LogP contribution in [0.3, 0.4) is 0 Å². The monoisotopic (exact) mass is 208 g/mol. The lowest BCUT2D eigenvalue weighted by Crippen LogP contribution is -2.28. The van der Waals surface area contributed by atoms with E-state index < -0.39 is 5.82 Å². The van der Waals surface area contributed by atoms with Gasteiger partial charge < -0.3 is 0 Å². The van der Waals surface area contributed by atoms with Gasteiger partial charge in [-0.2, -0.15) is 0 Å². The molecule has 0 heterocycles. The summed E-state index contributed by atoms with van der Waals surface area (Å²) in [6.45, 7) is 3.62. The van der Waals surface area contributed by atoms with E-state index in [-0.39, 0.29) is 11.6 Å². The quantitative estimate of drug-likeness (QED) is 0.590. The van der Waals surface area contributed by atoms with Gasteiger partial charge in [0.25, 0.3) is 5.91 Å². The highest BCUT2D eigenvalue weighted by molar-refractivity contribution is 5.88. The average Bonchev–Trinajstić information content (AvgIpc) is 2.15. The van der Waals surface area contributed by atoms with Crippen LogP contribution in [0, 0.1) is 5.82 Å². The highest BCUT2D eigenvalue weighted by atomic mass is 19.1. The molecule has 0 fully saturated rings. The fourth-order valence-corrected chi connectivity index (χ4v) is 0.990. The molecule has 0 aliphatic carbocycles. The summed E-state index contributed by atoms with van der Waals surface area (Å²) in [5.74, 6) is -0.715. The zero-order chi connectivity index (χ0) is 11.3. The number of carbonyl (C=O) groups excluding carboxylic acids is 1. The van der Waals surface area contributed by atoms with Crippen LogP contribution in [-0.2, 0) is 4.79 Å². The lowest BCUT2D eigenvalue weighted by Gasteiger charge is -2.07. The molecule has 1 rings (SSSR count). The van der Waals surface area contributed by atoms with Crippen molar-refractivity contribution >= 4 is 11.6 Å². The molecule has 1 amide bonds. The first kappa shape index (κ1) is 11.2. The number of nitrogens with one attached hydrogen (secondary N) is 2. The molecule has 0 aromatic heterocycles. The molecule has 0 bridgehead atoms. The predicted molar refractivity (Wildman–Crippen MR) is 57.6 cm³/mol. The number of hydrogen-bond donors (Lipinski definition) is 2.